The summed E-state index contributed by atoms with van der Waals surface area (Å²) in [6, 6.07) is 12.0. The summed E-state index contributed by atoms with van der Waals surface area (Å²) in [5, 5.41) is 3.46. The largest absolute Gasteiger partial charge is 0.493 e. The molecular weight excluding hydrogens is 382 g/mol. The number of aromatic amines is 1. The summed E-state index contributed by atoms with van der Waals surface area (Å²) in [5.74, 6) is 2.53. The molecule has 0 unspecified atom stereocenters. The van der Waals surface area contributed by atoms with Crippen LogP contribution in [0.5, 0.6) is 11.5 Å². The van der Waals surface area contributed by atoms with Crippen LogP contribution in [-0.2, 0) is 13.0 Å². The number of nitrogens with one attached hydrogen (secondary N) is 2. The Morgan fingerprint density at radius 1 is 1.20 bits per heavy atom. The molecule has 0 bridgehead atoms. The van der Waals surface area contributed by atoms with Crippen molar-refractivity contribution in [3.63, 3.8) is 0 Å². The number of para-hydroxylation sites is 2. The second-order valence-corrected chi connectivity index (χ2v) is 6.47. The Kier molecular flexibility index (Phi) is 5.94. The lowest BCUT2D eigenvalue weighted by molar-refractivity contribution is 0.306. The van der Waals surface area contributed by atoms with Crippen LogP contribution in [0.1, 0.15) is 18.3 Å². The topological polar surface area (TPSA) is 59.2 Å². The fraction of sp³-hybridized carbons (Fsp3) is 0.316. The van der Waals surface area contributed by atoms with Crippen LogP contribution in [0.25, 0.3) is 11.0 Å². The van der Waals surface area contributed by atoms with Crippen molar-refractivity contribution in [3.8, 4) is 11.5 Å². The molecule has 1 aromatic heterocycles. The lowest BCUT2D eigenvalue weighted by atomic mass is 10.1. The third-order valence-electron chi connectivity index (χ3n) is 3.95. The van der Waals surface area contributed by atoms with Gasteiger partial charge in [-0.15, -0.1) is 0 Å². The van der Waals surface area contributed by atoms with E-state index in [1.165, 1.54) is 0 Å². The molecule has 132 valence electrons. The molecule has 0 atom stereocenters. The van der Waals surface area contributed by atoms with Crippen molar-refractivity contribution in [1.82, 2.24) is 15.3 Å². The van der Waals surface area contributed by atoms with Crippen molar-refractivity contribution < 1.29 is 9.47 Å². The van der Waals surface area contributed by atoms with Crippen molar-refractivity contribution >= 4 is 27.0 Å². The van der Waals surface area contributed by atoms with Gasteiger partial charge in [-0.25, -0.2) is 4.98 Å². The molecule has 0 saturated carbocycles. The maximum atomic E-state index is 5.78. The van der Waals surface area contributed by atoms with Gasteiger partial charge in [-0.1, -0.05) is 28.1 Å². The first-order valence-corrected chi connectivity index (χ1v) is 9.14. The summed E-state index contributed by atoms with van der Waals surface area (Å²) in [4.78, 5) is 7.95. The smallest absolute Gasteiger partial charge is 0.166 e. The fourth-order valence-corrected chi connectivity index (χ4v) is 3.21. The van der Waals surface area contributed by atoms with Crippen molar-refractivity contribution in [3.05, 3.63) is 52.3 Å². The third-order valence-corrected chi connectivity index (χ3v) is 4.70. The zero-order chi connectivity index (χ0) is 17.6. The van der Waals surface area contributed by atoms with Crippen LogP contribution in [0.2, 0.25) is 0 Å². The molecule has 0 radical (unpaired) electrons. The number of hydrogen-bond acceptors (Lipinski definition) is 4. The minimum atomic E-state index is 0.596. The molecule has 3 aromatic rings. The van der Waals surface area contributed by atoms with E-state index in [9.17, 15) is 0 Å². The predicted molar refractivity (Wildman–Crippen MR) is 103 cm³/mol. The van der Waals surface area contributed by atoms with Crippen LogP contribution in [-0.4, -0.2) is 30.2 Å². The van der Waals surface area contributed by atoms with Crippen LogP contribution in [0, 0.1) is 0 Å². The van der Waals surface area contributed by atoms with Gasteiger partial charge in [0, 0.05) is 29.5 Å². The number of imidazole rings is 1. The number of fused-ring (bicyclic) bond motifs is 1. The van der Waals surface area contributed by atoms with Crippen molar-refractivity contribution in [2.45, 2.75) is 19.9 Å². The van der Waals surface area contributed by atoms with E-state index >= 15 is 0 Å². The van der Waals surface area contributed by atoms with Gasteiger partial charge < -0.3 is 19.8 Å². The minimum Gasteiger partial charge on any atom is -0.493 e. The molecule has 0 aliphatic heterocycles. The van der Waals surface area contributed by atoms with Gasteiger partial charge in [0.1, 0.15) is 5.82 Å². The van der Waals surface area contributed by atoms with E-state index in [0.717, 1.165) is 51.4 Å². The number of H-pyrrole nitrogens is 1. The first-order valence-electron chi connectivity index (χ1n) is 8.35. The van der Waals surface area contributed by atoms with E-state index in [2.05, 4.69) is 31.2 Å². The van der Waals surface area contributed by atoms with Crippen molar-refractivity contribution in [2.75, 3.05) is 20.3 Å². The Morgan fingerprint density at radius 2 is 2.04 bits per heavy atom. The molecule has 2 N–H and O–H groups in total. The molecule has 3 rings (SSSR count). The van der Waals surface area contributed by atoms with Gasteiger partial charge in [0.15, 0.2) is 11.5 Å². The molecule has 0 aliphatic rings. The standard InChI is InChI=1S/C19H22BrN3O2/c1-3-25-19-13(14(20)8-9-17(19)24-2)12-21-11-10-18-22-15-6-4-5-7-16(15)23-18/h4-9,21H,3,10-12H2,1-2H3,(H,22,23). The van der Waals surface area contributed by atoms with Crippen LogP contribution in [0.4, 0.5) is 0 Å². The van der Waals surface area contributed by atoms with Gasteiger partial charge in [-0.2, -0.15) is 0 Å². The zero-order valence-corrected chi connectivity index (χ0v) is 16.0. The number of rotatable bonds is 8. The quantitative estimate of drug-likeness (QED) is 0.556. The molecule has 5 nitrogen and oxygen atoms in total. The monoisotopic (exact) mass is 403 g/mol. The van der Waals surface area contributed by atoms with E-state index in [1.807, 2.05) is 43.3 Å². The predicted octanol–water partition coefficient (Wildman–Crippen LogP) is 4.07. The molecule has 6 heteroatoms. The van der Waals surface area contributed by atoms with E-state index in [4.69, 9.17) is 9.47 Å². The summed E-state index contributed by atoms with van der Waals surface area (Å²) >= 11 is 3.61. The molecule has 2 aromatic carbocycles. The zero-order valence-electron chi connectivity index (χ0n) is 14.4. The van der Waals surface area contributed by atoms with Gasteiger partial charge in [0.2, 0.25) is 0 Å². The minimum absolute atomic E-state index is 0.596. The first kappa shape index (κ1) is 17.8. The maximum absolute atomic E-state index is 5.78. The average Bonchev–Trinajstić information content (AvgIpc) is 3.04. The molecule has 0 fully saturated rings. The molecule has 0 amide bonds. The highest BCUT2D eigenvalue weighted by atomic mass is 79.9. The fourth-order valence-electron chi connectivity index (χ4n) is 2.75. The molecule has 1 heterocycles. The molecule has 25 heavy (non-hydrogen) atoms. The molecule has 0 aliphatic carbocycles. The van der Waals surface area contributed by atoms with E-state index in [-0.39, 0.29) is 0 Å². The Balaban J connectivity index is 1.63. The second-order valence-electron chi connectivity index (χ2n) is 5.62. The number of benzene rings is 2. The highest BCUT2D eigenvalue weighted by Crippen LogP contribution is 2.36. The Morgan fingerprint density at radius 3 is 2.80 bits per heavy atom. The van der Waals surface area contributed by atoms with E-state index < -0.39 is 0 Å². The highest BCUT2D eigenvalue weighted by molar-refractivity contribution is 9.10. The number of nitrogens with zero attached hydrogens (tertiary/aromatic N) is 1. The normalized spacial score (nSPS) is 11.0. The highest BCUT2D eigenvalue weighted by Gasteiger charge is 2.14. The number of ether oxygens (including phenoxy) is 2. The summed E-state index contributed by atoms with van der Waals surface area (Å²) < 4.78 is 12.2. The third kappa shape index (κ3) is 4.14. The summed E-state index contributed by atoms with van der Waals surface area (Å²) in [7, 11) is 1.66. The average molecular weight is 404 g/mol. The SMILES string of the molecule is CCOc1c(OC)ccc(Br)c1CNCCc1nc2ccccc2[nH]1. The van der Waals surface area contributed by atoms with Crippen molar-refractivity contribution in [1.29, 1.82) is 0 Å². The van der Waals surface area contributed by atoms with E-state index in [1.54, 1.807) is 7.11 Å². The van der Waals surface area contributed by atoms with Gasteiger partial charge in [0.05, 0.1) is 24.8 Å². The number of halogens is 1. The Hall–Kier alpha value is -2.05. The van der Waals surface area contributed by atoms with Gasteiger partial charge in [0.25, 0.3) is 0 Å². The van der Waals surface area contributed by atoms with Gasteiger partial charge in [-0.05, 0) is 31.2 Å². The van der Waals surface area contributed by atoms with Crippen LogP contribution < -0.4 is 14.8 Å². The first-order chi connectivity index (χ1) is 12.2. The maximum Gasteiger partial charge on any atom is 0.166 e. The van der Waals surface area contributed by atoms with Gasteiger partial charge in [-0.3, -0.25) is 0 Å². The molecule has 0 spiro atoms. The Bertz CT molecular complexity index is 815. The van der Waals surface area contributed by atoms with E-state index in [0.29, 0.717) is 13.2 Å². The second kappa shape index (κ2) is 8.36. The lowest BCUT2D eigenvalue weighted by Crippen LogP contribution is -2.18. The molecule has 0 saturated heterocycles. The summed E-state index contributed by atoms with van der Waals surface area (Å²) in [6.45, 7) is 4.07. The van der Waals surface area contributed by atoms with Crippen LogP contribution >= 0.6 is 15.9 Å². The summed E-state index contributed by atoms with van der Waals surface area (Å²) in [6.07, 6.45) is 0.834. The number of hydrogen-bond donors (Lipinski definition) is 2. The van der Waals surface area contributed by atoms with Crippen LogP contribution in [0.15, 0.2) is 40.9 Å². The van der Waals surface area contributed by atoms with Crippen LogP contribution in [0.3, 0.4) is 0 Å². The van der Waals surface area contributed by atoms with Gasteiger partial charge >= 0.3 is 0 Å². The number of methoxy groups -OCH3 is 1. The van der Waals surface area contributed by atoms with Crippen molar-refractivity contribution in [2.24, 2.45) is 0 Å². The number of aromatic nitrogens is 2. The lowest BCUT2D eigenvalue weighted by Gasteiger charge is -2.16. The molecular formula is C19H22BrN3O2. The Labute approximate surface area is 155 Å². The summed E-state index contributed by atoms with van der Waals surface area (Å²) in [5.41, 5.74) is 3.14.